The van der Waals surface area contributed by atoms with Gasteiger partial charge in [-0.3, -0.25) is 9.59 Å². The number of benzene rings is 2. The maximum Gasteiger partial charge on any atom is 0.337 e. The number of Topliss-reactive ketones (excluding diaryl/α,β-unsaturated/α-hetero) is 1. The summed E-state index contributed by atoms with van der Waals surface area (Å²) in [7, 11) is 1.30. The standard InChI is InChI=1S/C23H21NO6/c1-29-23(28)18-7-4-16(5-8-18)6-13-22(27)30-15-20(25)17-9-11-19(12-10-17)24-14-2-3-21(24)26/h4-13H,2-3,14-15H2,1H3/b13-6+. The Bertz CT molecular complexity index is 976. The molecule has 30 heavy (non-hydrogen) atoms. The second-order valence-corrected chi connectivity index (χ2v) is 6.67. The van der Waals surface area contributed by atoms with Gasteiger partial charge in [-0.25, -0.2) is 9.59 Å². The van der Waals surface area contributed by atoms with Gasteiger partial charge in [0.25, 0.3) is 0 Å². The number of hydrogen-bond acceptors (Lipinski definition) is 6. The third-order valence-electron chi connectivity index (χ3n) is 4.66. The zero-order valence-corrected chi connectivity index (χ0v) is 16.5. The number of ether oxygens (including phenoxy) is 2. The highest BCUT2D eigenvalue weighted by Gasteiger charge is 2.21. The van der Waals surface area contributed by atoms with E-state index in [0.717, 1.165) is 12.1 Å². The molecule has 7 heteroatoms. The van der Waals surface area contributed by atoms with Gasteiger partial charge in [0.1, 0.15) is 0 Å². The first kappa shape index (κ1) is 21.0. The van der Waals surface area contributed by atoms with E-state index in [1.165, 1.54) is 19.3 Å². The molecule has 1 aliphatic heterocycles. The number of carbonyl (C=O) groups excluding carboxylic acids is 4. The predicted molar refractivity (Wildman–Crippen MR) is 110 cm³/mol. The summed E-state index contributed by atoms with van der Waals surface area (Å²) in [6, 6.07) is 13.2. The Kier molecular flexibility index (Phi) is 6.75. The number of amides is 1. The van der Waals surface area contributed by atoms with Crippen LogP contribution >= 0.6 is 0 Å². The van der Waals surface area contributed by atoms with Crippen molar-refractivity contribution in [2.24, 2.45) is 0 Å². The Morgan fingerprint density at radius 2 is 1.67 bits per heavy atom. The SMILES string of the molecule is COC(=O)c1ccc(/C=C/C(=O)OCC(=O)c2ccc(N3CCCC3=O)cc2)cc1. The summed E-state index contributed by atoms with van der Waals surface area (Å²) in [6.07, 6.45) is 4.11. The van der Waals surface area contributed by atoms with Crippen molar-refractivity contribution in [2.75, 3.05) is 25.2 Å². The molecule has 0 aliphatic carbocycles. The monoisotopic (exact) mass is 407 g/mol. The Balaban J connectivity index is 1.50. The molecule has 0 aromatic heterocycles. The highest BCUT2D eigenvalue weighted by molar-refractivity contribution is 6.00. The second kappa shape index (κ2) is 9.65. The van der Waals surface area contributed by atoms with Gasteiger partial charge in [-0.1, -0.05) is 12.1 Å². The highest BCUT2D eigenvalue weighted by Crippen LogP contribution is 2.21. The van der Waals surface area contributed by atoms with Gasteiger partial charge in [-0.05, 0) is 54.5 Å². The van der Waals surface area contributed by atoms with Gasteiger partial charge in [0, 0.05) is 30.3 Å². The number of methoxy groups -OCH3 is 1. The predicted octanol–water partition coefficient (Wildman–Crippen LogP) is 3.04. The van der Waals surface area contributed by atoms with Crippen LogP contribution in [0.3, 0.4) is 0 Å². The normalized spacial score (nSPS) is 13.5. The lowest BCUT2D eigenvalue weighted by atomic mass is 10.1. The summed E-state index contributed by atoms with van der Waals surface area (Å²) >= 11 is 0. The van der Waals surface area contributed by atoms with Gasteiger partial charge in [0.15, 0.2) is 12.4 Å². The summed E-state index contributed by atoms with van der Waals surface area (Å²) in [5.41, 5.74) is 2.26. The molecule has 0 N–H and O–H groups in total. The van der Waals surface area contributed by atoms with Crippen LogP contribution in [0.1, 0.15) is 39.1 Å². The second-order valence-electron chi connectivity index (χ2n) is 6.67. The highest BCUT2D eigenvalue weighted by atomic mass is 16.5. The van der Waals surface area contributed by atoms with E-state index >= 15 is 0 Å². The minimum Gasteiger partial charge on any atom is -0.465 e. The zero-order valence-electron chi connectivity index (χ0n) is 16.5. The van der Waals surface area contributed by atoms with Crippen LogP contribution < -0.4 is 4.90 Å². The van der Waals surface area contributed by atoms with Crippen LogP contribution in [0.5, 0.6) is 0 Å². The number of ketones is 1. The maximum atomic E-state index is 12.2. The van der Waals surface area contributed by atoms with Crippen molar-refractivity contribution in [3.63, 3.8) is 0 Å². The molecule has 1 amide bonds. The minimum absolute atomic E-state index is 0.0785. The van der Waals surface area contributed by atoms with Crippen molar-refractivity contribution in [1.29, 1.82) is 0 Å². The van der Waals surface area contributed by atoms with Crippen molar-refractivity contribution >= 4 is 35.4 Å². The summed E-state index contributed by atoms with van der Waals surface area (Å²) < 4.78 is 9.61. The first-order chi connectivity index (χ1) is 14.5. The number of anilines is 1. The molecule has 0 bridgehead atoms. The summed E-state index contributed by atoms with van der Waals surface area (Å²) in [4.78, 5) is 48.9. The fourth-order valence-corrected chi connectivity index (χ4v) is 3.03. The first-order valence-corrected chi connectivity index (χ1v) is 9.45. The fraction of sp³-hybridized carbons (Fsp3) is 0.217. The lowest BCUT2D eigenvalue weighted by Crippen LogP contribution is -2.23. The lowest BCUT2D eigenvalue weighted by molar-refractivity contribution is -0.136. The van der Waals surface area contributed by atoms with Crippen molar-refractivity contribution in [3.05, 3.63) is 71.3 Å². The molecule has 0 saturated carbocycles. The van der Waals surface area contributed by atoms with E-state index < -0.39 is 11.9 Å². The van der Waals surface area contributed by atoms with Gasteiger partial charge in [-0.2, -0.15) is 0 Å². The minimum atomic E-state index is -0.653. The smallest absolute Gasteiger partial charge is 0.337 e. The van der Waals surface area contributed by atoms with E-state index in [1.807, 2.05) is 0 Å². The van der Waals surface area contributed by atoms with Gasteiger partial charge in [0.2, 0.25) is 5.91 Å². The molecule has 154 valence electrons. The average molecular weight is 407 g/mol. The van der Waals surface area contributed by atoms with Gasteiger partial charge >= 0.3 is 11.9 Å². The van der Waals surface area contributed by atoms with Crippen LogP contribution in [0.25, 0.3) is 6.08 Å². The topological polar surface area (TPSA) is 90.0 Å². The Hall–Kier alpha value is -3.74. The summed E-state index contributed by atoms with van der Waals surface area (Å²) in [6.45, 7) is 0.300. The van der Waals surface area contributed by atoms with Gasteiger partial charge in [-0.15, -0.1) is 0 Å². The molecule has 2 aromatic rings. The molecular formula is C23H21NO6. The third-order valence-corrected chi connectivity index (χ3v) is 4.66. The molecule has 1 fully saturated rings. The largest absolute Gasteiger partial charge is 0.465 e. The van der Waals surface area contributed by atoms with Crippen LogP contribution in [0, 0.1) is 0 Å². The Labute approximate surface area is 173 Å². The molecule has 1 saturated heterocycles. The van der Waals surface area contributed by atoms with Crippen molar-refractivity contribution < 1.29 is 28.7 Å². The van der Waals surface area contributed by atoms with Crippen molar-refractivity contribution in [3.8, 4) is 0 Å². The average Bonchev–Trinajstić information content (AvgIpc) is 3.21. The molecule has 0 unspecified atom stereocenters. The van der Waals surface area contributed by atoms with Crippen LogP contribution in [-0.4, -0.2) is 43.9 Å². The molecule has 1 aliphatic rings. The summed E-state index contributed by atoms with van der Waals surface area (Å²) in [5.74, 6) is -1.35. The van der Waals surface area contributed by atoms with Crippen molar-refractivity contribution in [2.45, 2.75) is 12.8 Å². The molecule has 0 radical (unpaired) electrons. The molecule has 7 nitrogen and oxygen atoms in total. The van der Waals surface area contributed by atoms with E-state index in [4.69, 9.17) is 4.74 Å². The van der Waals surface area contributed by atoms with E-state index in [0.29, 0.717) is 29.7 Å². The van der Waals surface area contributed by atoms with Crippen LogP contribution in [0.15, 0.2) is 54.6 Å². The van der Waals surface area contributed by atoms with Crippen LogP contribution in [0.2, 0.25) is 0 Å². The number of rotatable bonds is 7. The fourth-order valence-electron chi connectivity index (χ4n) is 3.03. The van der Waals surface area contributed by atoms with E-state index in [1.54, 1.807) is 53.4 Å². The summed E-state index contributed by atoms with van der Waals surface area (Å²) in [5, 5.41) is 0. The Morgan fingerprint density at radius 3 is 2.27 bits per heavy atom. The third kappa shape index (κ3) is 5.20. The van der Waals surface area contributed by atoms with Gasteiger partial charge < -0.3 is 14.4 Å². The van der Waals surface area contributed by atoms with Gasteiger partial charge in [0.05, 0.1) is 12.7 Å². The molecular weight excluding hydrogens is 386 g/mol. The zero-order chi connectivity index (χ0) is 21.5. The molecule has 3 rings (SSSR count). The number of esters is 2. The quantitative estimate of drug-likeness (QED) is 0.398. The molecule has 0 spiro atoms. The van der Waals surface area contributed by atoms with E-state index in [2.05, 4.69) is 4.74 Å². The number of carbonyl (C=O) groups is 4. The molecule has 1 heterocycles. The first-order valence-electron chi connectivity index (χ1n) is 9.45. The van der Waals surface area contributed by atoms with Crippen molar-refractivity contribution in [1.82, 2.24) is 0 Å². The van der Waals surface area contributed by atoms with E-state index in [9.17, 15) is 19.2 Å². The Morgan fingerprint density at radius 1 is 1.00 bits per heavy atom. The van der Waals surface area contributed by atoms with Crippen LogP contribution in [0.4, 0.5) is 5.69 Å². The number of hydrogen-bond donors (Lipinski definition) is 0. The van der Waals surface area contributed by atoms with E-state index in [-0.39, 0.29) is 18.3 Å². The lowest BCUT2D eigenvalue weighted by Gasteiger charge is -2.15. The number of nitrogens with zero attached hydrogens (tertiary/aromatic N) is 1. The molecule has 2 aromatic carbocycles. The maximum absolute atomic E-state index is 12.2. The van der Waals surface area contributed by atoms with Crippen LogP contribution in [-0.2, 0) is 19.1 Å². The molecule has 0 atom stereocenters.